The standard InChI is InChI=1S/C33H38N2O9.H2O/c1-17(36)43-31-27(44-32(37)18-12-25(39-2)30(41-4)26(13-18)40-3)14-19-16-35-11-10-21-20-8-6-7-9-23(20)34-29(21)24(35)15-22(19)28(31)33(38)42-5;/h6-9,12-13,19,22,24,27-28,31,34H,10-11,14-16H2,1-5H3;1H2/t19-,22+,24-,27-,28+,31+;/m1./s1. The first kappa shape index (κ1) is 32.1. The fourth-order valence-electron chi connectivity index (χ4n) is 7.64. The van der Waals surface area contributed by atoms with E-state index in [0.29, 0.717) is 36.6 Å². The minimum atomic E-state index is -1.01. The fourth-order valence-corrected chi connectivity index (χ4v) is 7.64. The van der Waals surface area contributed by atoms with Crippen molar-refractivity contribution >= 4 is 28.8 Å². The van der Waals surface area contributed by atoms with E-state index in [2.05, 4.69) is 28.1 Å². The molecule has 1 saturated heterocycles. The van der Waals surface area contributed by atoms with Crippen LogP contribution in [0, 0.1) is 17.8 Å². The summed E-state index contributed by atoms with van der Waals surface area (Å²) in [6.45, 7) is 2.89. The first-order valence-corrected chi connectivity index (χ1v) is 14.9. The number of ether oxygens (including phenoxy) is 6. The Morgan fingerprint density at radius 2 is 1.64 bits per heavy atom. The van der Waals surface area contributed by atoms with Crippen LogP contribution in [0.3, 0.4) is 0 Å². The summed E-state index contributed by atoms with van der Waals surface area (Å²) in [4.78, 5) is 45.6. The molecule has 3 N–H and O–H groups in total. The van der Waals surface area contributed by atoms with Gasteiger partial charge in [0.15, 0.2) is 17.6 Å². The van der Waals surface area contributed by atoms with Crippen LogP contribution < -0.4 is 14.2 Å². The third kappa shape index (κ3) is 5.68. The molecule has 2 fully saturated rings. The Bertz CT molecular complexity index is 1560. The van der Waals surface area contributed by atoms with Gasteiger partial charge in [-0.2, -0.15) is 0 Å². The van der Waals surface area contributed by atoms with Crippen molar-refractivity contribution in [2.45, 2.75) is 44.4 Å². The van der Waals surface area contributed by atoms with Crippen LogP contribution >= 0.6 is 0 Å². The number of fused-ring (bicyclic) bond motifs is 6. The Morgan fingerprint density at radius 1 is 0.933 bits per heavy atom. The summed E-state index contributed by atoms with van der Waals surface area (Å²) in [6.07, 6.45) is 0.138. The van der Waals surface area contributed by atoms with Gasteiger partial charge >= 0.3 is 17.9 Å². The first-order chi connectivity index (χ1) is 21.3. The summed E-state index contributed by atoms with van der Waals surface area (Å²) < 4.78 is 33.4. The summed E-state index contributed by atoms with van der Waals surface area (Å²) in [5.74, 6) is -1.73. The quantitative estimate of drug-likeness (QED) is 0.306. The predicted octanol–water partition coefficient (Wildman–Crippen LogP) is 3.25. The van der Waals surface area contributed by atoms with Crippen molar-refractivity contribution in [3.8, 4) is 17.2 Å². The molecule has 0 amide bonds. The van der Waals surface area contributed by atoms with Gasteiger partial charge in [-0.1, -0.05) is 18.2 Å². The van der Waals surface area contributed by atoms with E-state index in [4.69, 9.17) is 28.4 Å². The van der Waals surface area contributed by atoms with Crippen LogP contribution in [0.4, 0.5) is 0 Å². The van der Waals surface area contributed by atoms with Gasteiger partial charge in [-0.15, -0.1) is 0 Å². The summed E-state index contributed by atoms with van der Waals surface area (Å²) in [5.41, 5.74) is 3.77. The third-order valence-electron chi connectivity index (χ3n) is 9.49. The number of aromatic nitrogens is 1. The lowest BCUT2D eigenvalue weighted by atomic mass is 9.63. The zero-order valence-electron chi connectivity index (χ0n) is 26.1. The lowest BCUT2D eigenvalue weighted by Crippen LogP contribution is -2.58. The zero-order chi connectivity index (χ0) is 31.1. The van der Waals surface area contributed by atoms with Gasteiger partial charge in [-0.25, -0.2) is 4.79 Å². The molecule has 1 aromatic heterocycles. The minimum absolute atomic E-state index is 0. The molecule has 0 unspecified atom stereocenters. The largest absolute Gasteiger partial charge is 0.493 e. The normalized spacial score (nSPS) is 25.4. The second-order valence-corrected chi connectivity index (χ2v) is 11.7. The molecule has 12 nitrogen and oxygen atoms in total. The highest BCUT2D eigenvalue weighted by molar-refractivity contribution is 5.91. The van der Waals surface area contributed by atoms with Gasteiger partial charge in [0.2, 0.25) is 5.75 Å². The van der Waals surface area contributed by atoms with Crippen LogP contribution in [0.2, 0.25) is 0 Å². The van der Waals surface area contributed by atoms with Gasteiger partial charge < -0.3 is 38.9 Å². The van der Waals surface area contributed by atoms with E-state index in [-0.39, 0.29) is 28.9 Å². The molecule has 1 saturated carbocycles. The van der Waals surface area contributed by atoms with E-state index < -0.39 is 36.0 Å². The highest BCUT2D eigenvalue weighted by Crippen LogP contribution is 2.51. The van der Waals surface area contributed by atoms with Gasteiger partial charge in [0.1, 0.15) is 12.0 Å². The van der Waals surface area contributed by atoms with Gasteiger partial charge in [0.25, 0.3) is 0 Å². The number of aromatic amines is 1. The van der Waals surface area contributed by atoms with Crippen LogP contribution in [0.25, 0.3) is 10.9 Å². The maximum Gasteiger partial charge on any atom is 0.338 e. The number of methoxy groups -OCH3 is 4. The number of benzene rings is 2. The highest BCUT2D eigenvalue weighted by atomic mass is 16.6. The molecule has 3 aromatic rings. The predicted molar refractivity (Wildman–Crippen MR) is 163 cm³/mol. The van der Waals surface area contributed by atoms with Crippen molar-refractivity contribution in [2.75, 3.05) is 41.5 Å². The summed E-state index contributed by atoms with van der Waals surface area (Å²) >= 11 is 0. The Hall–Kier alpha value is -4.29. The van der Waals surface area contributed by atoms with E-state index in [1.54, 1.807) is 0 Å². The maximum atomic E-state index is 13.6. The monoisotopic (exact) mass is 624 g/mol. The van der Waals surface area contributed by atoms with Crippen LogP contribution in [-0.4, -0.2) is 87.0 Å². The number of nitrogens with zero attached hydrogens (tertiary/aromatic N) is 1. The van der Waals surface area contributed by atoms with Crippen molar-refractivity contribution in [1.29, 1.82) is 0 Å². The van der Waals surface area contributed by atoms with Crippen LogP contribution in [0.5, 0.6) is 17.2 Å². The van der Waals surface area contributed by atoms with Crippen LogP contribution in [0.1, 0.15) is 47.4 Å². The molecule has 3 aliphatic rings. The first-order valence-electron chi connectivity index (χ1n) is 14.9. The molecule has 0 radical (unpaired) electrons. The summed E-state index contributed by atoms with van der Waals surface area (Å²) in [7, 11) is 5.73. The number of carbonyl (C=O) groups excluding carboxylic acids is 3. The second-order valence-electron chi connectivity index (χ2n) is 11.7. The Labute approximate surface area is 261 Å². The van der Waals surface area contributed by atoms with Crippen molar-refractivity contribution in [3.63, 3.8) is 0 Å². The Balaban J connectivity index is 0.00000400. The third-order valence-corrected chi connectivity index (χ3v) is 9.49. The Kier molecular flexibility index (Phi) is 9.26. The summed E-state index contributed by atoms with van der Waals surface area (Å²) in [5, 5.41) is 1.23. The molecule has 2 aliphatic heterocycles. The number of para-hydroxylation sites is 1. The van der Waals surface area contributed by atoms with E-state index in [1.165, 1.54) is 64.1 Å². The molecule has 242 valence electrons. The lowest BCUT2D eigenvalue weighted by Gasteiger charge is -2.52. The zero-order valence-corrected chi connectivity index (χ0v) is 26.1. The van der Waals surface area contributed by atoms with Crippen molar-refractivity contribution in [3.05, 3.63) is 53.2 Å². The molecule has 1 aliphatic carbocycles. The molecule has 2 aromatic carbocycles. The van der Waals surface area contributed by atoms with Gasteiger partial charge in [-0.05, 0) is 54.9 Å². The molecule has 6 rings (SSSR count). The van der Waals surface area contributed by atoms with Crippen molar-refractivity contribution in [1.82, 2.24) is 9.88 Å². The maximum absolute atomic E-state index is 13.6. The van der Waals surface area contributed by atoms with Crippen LogP contribution in [-0.2, 0) is 30.2 Å². The lowest BCUT2D eigenvalue weighted by molar-refractivity contribution is -0.186. The number of nitrogens with one attached hydrogen (secondary N) is 1. The summed E-state index contributed by atoms with van der Waals surface area (Å²) in [6, 6.07) is 11.4. The number of esters is 3. The van der Waals surface area contributed by atoms with Crippen LogP contribution in [0.15, 0.2) is 36.4 Å². The van der Waals surface area contributed by atoms with Gasteiger partial charge in [0.05, 0.1) is 40.0 Å². The molecule has 12 heteroatoms. The number of hydrogen-bond donors (Lipinski definition) is 1. The van der Waals surface area contributed by atoms with Crippen molar-refractivity contribution in [2.24, 2.45) is 17.8 Å². The average Bonchev–Trinajstić information content (AvgIpc) is 3.42. The molecular weight excluding hydrogens is 584 g/mol. The van der Waals surface area contributed by atoms with E-state index >= 15 is 0 Å². The molecule has 45 heavy (non-hydrogen) atoms. The van der Waals surface area contributed by atoms with E-state index in [0.717, 1.165) is 18.5 Å². The molecular formula is C33H40N2O10. The molecule has 0 spiro atoms. The number of piperidine rings is 1. The van der Waals surface area contributed by atoms with Gasteiger partial charge in [-0.3, -0.25) is 14.5 Å². The molecule has 0 bridgehead atoms. The fraction of sp³-hybridized carbons (Fsp3) is 0.485. The van der Waals surface area contributed by atoms with Gasteiger partial charge in [0, 0.05) is 36.6 Å². The molecule has 6 atom stereocenters. The number of rotatable bonds is 7. The topological polar surface area (TPSA) is 157 Å². The highest BCUT2D eigenvalue weighted by Gasteiger charge is 2.55. The smallest absolute Gasteiger partial charge is 0.338 e. The van der Waals surface area contributed by atoms with E-state index in [1.807, 2.05) is 6.07 Å². The van der Waals surface area contributed by atoms with Crippen molar-refractivity contribution < 1.29 is 48.3 Å². The number of hydrogen-bond acceptors (Lipinski definition) is 10. The van der Waals surface area contributed by atoms with E-state index in [9.17, 15) is 14.4 Å². The molecule has 3 heterocycles. The number of carbonyl (C=O) groups is 3. The SMILES string of the molecule is COC(=O)[C@H]1[C@H]2C[C@@H]3c4[nH]c5ccccc5c4CCN3C[C@H]2C[C@@H](OC(=O)c2cc(OC)c(OC)c(OC)c2)[C@@H]1OC(C)=O.O. The average molecular weight is 625 g/mol. The minimum Gasteiger partial charge on any atom is -0.493 e. The number of H-pyrrole nitrogens is 1. The second kappa shape index (κ2) is 13.0. The Morgan fingerprint density at radius 3 is 2.29 bits per heavy atom.